The van der Waals surface area contributed by atoms with E-state index >= 15 is 0 Å². The minimum atomic E-state index is 0.0677. The Hall–Kier alpha value is -1.46. The molecule has 0 unspecified atom stereocenters. The van der Waals surface area contributed by atoms with Gasteiger partial charge in [-0.2, -0.15) is 0 Å². The van der Waals surface area contributed by atoms with Gasteiger partial charge in [0.25, 0.3) is 5.91 Å². The molecule has 5 heteroatoms. The fourth-order valence-corrected chi connectivity index (χ4v) is 3.13. The van der Waals surface area contributed by atoms with Crippen LogP contribution in [-0.2, 0) is 4.74 Å². The van der Waals surface area contributed by atoms with E-state index in [4.69, 9.17) is 4.74 Å². The van der Waals surface area contributed by atoms with Crippen molar-refractivity contribution in [3.63, 3.8) is 0 Å². The highest BCUT2D eigenvalue weighted by Crippen LogP contribution is 2.24. The largest absolute Gasteiger partial charge is 0.378 e. The molecule has 0 N–H and O–H groups in total. The molecule has 5 nitrogen and oxygen atoms in total. The minimum Gasteiger partial charge on any atom is -0.378 e. The number of carbonyl (C=O) groups is 1. The number of morpholine rings is 1. The van der Waals surface area contributed by atoms with Gasteiger partial charge in [0.2, 0.25) is 0 Å². The van der Waals surface area contributed by atoms with Crippen molar-refractivity contribution >= 4 is 5.91 Å². The van der Waals surface area contributed by atoms with Crippen LogP contribution in [-0.4, -0.2) is 67.1 Å². The third-order valence-corrected chi connectivity index (χ3v) is 4.37. The van der Waals surface area contributed by atoms with E-state index in [2.05, 4.69) is 16.9 Å². The lowest BCUT2D eigenvalue weighted by Gasteiger charge is -2.29. The summed E-state index contributed by atoms with van der Waals surface area (Å²) in [4.78, 5) is 21.1. The van der Waals surface area contributed by atoms with Crippen molar-refractivity contribution in [1.29, 1.82) is 0 Å². The van der Waals surface area contributed by atoms with E-state index in [1.165, 1.54) is 19.4 Å². The maximum absolute atomic E-state index is 12.4. The topological polar surface area (TPSA) is 45.7 Å². The van der Waals surface area contributed by atoms with Gasteiger partial charge in [-0.15, -0.1) is 0 Å². The third kappa shape index (κ3) is 3.41. The number of hydrogen-bond acceptors (Lipinski definition) is 4. The molecule has 2 saturated heterocycles. The van der Waals surface area contributed by atoms with E-state index in [9.17, 15) is 4.79 Å². The van der Waals surface area contributed by atoms with Gasteiger partial charge in [-0.05, 0) is 38.6 Å². The number of hydrogen-bond donors (Lipinski definition) is 0. The van der Waals surface area contributed by atoms with Crippen molar-refractivity contribution in [3.8, 4) is 0 Å². The maximum atomic E-state index is 12.4. The molecule has 0 aliphatic carbocycles. The summed E-state index contributed by atoms with van der Waals surface area (Å²) < 4.78 is 5.28. The first-order valence-corrected chi connectivity index (χ1v) is 7.75. The first-order valence-electron chi connectivity index (χ1n) is 7.75. The lowest BCUT2D eigenvalue weighted by molar-refractivity contribution is 0.0302. The summed E-state index contributed by atoms with van der Waals surface area (Å²) in [6.45, 7) is 4.84. The van der Waals surface area contributed by atoms with Gasteiger partial charge < -0.3 is 14.5 Å². The van der Waals surface area contributed by atoms with Crippen LogP contribution >= 0.6 is 0 Å². The SMILES string of the molecule is CN1CCC[C@H](c2ccc(C(=O)N3CCOCC3)cn2)C1. The van der Waals surface area contributed by atoms with Crippen LogP contribution in [0.4, 0.5) is 0 Å². The Morgan fingerprint density at radius 3 is 2.76 bits per heavy atom. The summed E-state index contributed by atoms with van der Waals surface area (Å²) in [6.07, 6.45) is 4.15. The molecule has 2 aliphatic heterocycles. The average Bonchev–Trinajstić information content (AvgIpc) is 2.55. The zero-order valence-corrected chi connectivity index (χ0v) is 12.6. The summed E-state index contributed by atoms with van der Waals surface area (Å²) in [6, 6.07) is 3.95. The Morgan fingerprint density at radius 2 is 2.10 bits per heavy atom. The molecule has 1 aromatic heterocycles. The van der Waals surface area contributed by atoms with E-state index in [1.807, 2.05) is 17.0 Å². The highest BCUT2D eigenvalue weighted by atomic mass is 16.5. The van der Waals surface area contributed by atoms with Crippen molar-refractivity contribution in [2.75, 3.05) is 46.4 Å². The first kappa shape index (κ1) is 14.5. The maximum Gasteiger partial charge on any atom is 0.255 e. The molecule has 0 spiro atoms. The predicted molar refractivity (Wildman–Crippen MR) is 80.4 cm³/mol. The highest BCUT2D eigenvalue weighted by molar-refractivity contribution is 5.94. The Bertz CT molecular complexity index is 483. The number of pyridine rings is 1. The quantitative estimate of drug-likeness (QED) is 0.825. The van der Waals surface area contributed by atoms with Crippen LogP contribution in [0, 0.1) is 0 Å². The van der Waals surface area contributed by atoms with Gasteiger partial charge >= 0.3 is 0 Å². The Morgan fingerprint density at radius 1 is 1.29 bits per heavy atom. The monoisotopic (exact) mass is 289 g/mol. The number of carbonyl (C=O) groups excluding carboxylic acids is 1. The Balaban J connectivity index is 1.67. The molecule has 114 valence electrons. The lowest BCUT2D eigenvalue weighted by Crippen LogP contribution is -2.40. The number of rotatable bonds is 2. The number of ether oxygens (including phenoxy) is 1. The highest BCUT2D eigenvalue weighted by Gasteiger charge is 2.22. The molecular formula is C16H23N3O2. The van der Waals surface area contributed by atoms with Crippen LogP contribution < -0.4 is 0 Å². The van der Waals surface area contributed by atoms with E-state index in [1.54, 1.807) is 6.20 Å². The number of likely N-dealkylation sites (N-methyl/N-ethyl adjacent to an activating group) is 1. The van der Waals surface area contributed by atoms with E-state index in [0.29, 0.717) is 37.8 Å². The summed E-state index contributed by atoms with van der Waals surface area (Å²) in [5.74, 6) is 0.564. The second kappa shape index (κ2) is 6.54. The first-order chi connectivity index (χ1) is 10.2. The van der Waals surface area contributed by atoms with Gasteiger partial charge in [0, 0.05) is 37.4 Å². The van der Waals surface area contributed by atoms with Gasteiger partial charge in [0.1, 0.15) is 0 Å². The van der Waals surface area contributed by atoms with E-state index in [0.717, 1.165) is 12.2 Å². The second-order valence-electron chi connectivity index (χ2n) is 5.98. The average molecular weight is 289 g/mol. The molecule has 1 aromatic rings. The molecule has 0 radical (unpaired) electrons. The molecule has 3 rings (SSSR count). The number of amides is 1. The number of aromatic nitrogens is 1. The molecule has 1 amide bonds. The summed E-state index contributed by atoms with van der Waals surface area (Å²) in [5, 5.41) is 0. The van der Waals surface area contributed by atoms with Crippen molar-refractivity contribution in [3.05, 3.63) is 29.6 Å². The van der Waals surface area contributed by atoms with Crippen LogP contribution in [0.2, 0.25) is 0 Å². The van der Waals surface area contributed by atoms with Crippen molar-refractivity contribution in [2.45, 2.75) is 18.8 Å². The van der Waals surface area contributed by atoms with Gasteiger partial charge in [-0.1, -0.05) is 0 Å². The normalized spacial score (nSPS) is 24.0. The summed E-state index contributed by atoms with van der Waals surface area (Å²) in [5.41, 5.74) is 1.80. The van der Waals surface area contributed by atoms with Gasteiger partial charge in [0.05, 0.1) is 18.8 Å². The van der Waals surface area contributed by atoms with Crippen LogP contribution in [0.3, 0.4) is 0 Å². The molecule has 3 heterocycles. The molecule has 21 heavy (non-hydrogen) atoms. The van der Waals surface area contributed by atoms with Crippen LogP contribution in [0.1, 0.15) is 34.8 Å². The van der Waals surface area contributed by atoms with Crippen LogP contribution in [0.15, 0.2) is 18.3 Å². The molecule has 0 aromatic carbocycles. The smallest absolute Gasteiger partial charge is 0.255 e. The van der Waals surface area contributed by atoms with Gasteiger partial charge in [-0.3, -0.25) is 9.78 Å². The van der Waals surface area contributed by atoms with Crippen LogP contribution in [0.25, 0.3) is 0 Å². The van der Waals surface area contributed by atoms with E-state index in [-0.39, 0.29) is 5.91 Å². The Labute approximate surface area is 125 Å². The molecule has 1 atom stereocenters. The number of nitrogens with zero attached hydrogens (tertiary/aromatic N) is 3. The number of likely N-dealkylation sites (tertiary alicyclic amines) is 1. The Kier molecular flexibility index (Phi) is 4.51. The summed E-state index contributed by atoms with van der Waals surface area (Å²) in [7, 11) is 2.16. The molecule has 2 aliphatic rings. The van der Waals surface area contributed by atoms with Gasteiger partial charge in [0.15, 0.2) is 0 Å². The van der Waals surface area contributed by atoms with Crippen molar-refractivity contribution in [1.82, 2.24) is 14.8 Å². The molecule has 2 fully saturated rings. The minimum absolute atomic E-state index is 0.0677. The zero-order valence-electron chi connectivity index (χ0n) is 12.6. The van der Waals surface area contributed by atoms with E-state index < -0.39 is 0 Å². The fraction of sp³-hybridized carbons (Fsp3) is 0.625. The summed E-state index contributed by atoms with van der Waals surface area (Å²) >= 11 is 0. The fourth-order valence-electron chi connectivity index (χ4n) is 3.13. The van der Waals surface area contributed by atoms with Crippen molar-refractivity contribution < 1.29 is 9.53 Å². The molecular weight excluding hydrogens is 266 g/mol. The number of piperidine rings is 1. The lowest BCUT2D eigenvalue weighted by atomic mass is 9.94. The molecule has 0 saturated carbocycles. The standard InChI is InChI=1S/C16H23N3O2/c1-18-6-2-3-14(12-18)15-5-4-13(11-17-15)16(20)19-7-9-21-10-8-19/h4-5,11,14H,2-3,6-10,12H2,1H3/t14-/m0/s1. The van der Waals surface area contributed by atoms with Crippen LogP contribution in [0.5, 0.6) is 0 Å². The zero-order chi connectivity index (χ0) is 14.7. The predicted octanol–water partition coefficient (Wildman–Crippen LogP) is 1.36. The second-order valence-corrected chi connectivity index (χ2v) is 5.98. The molecule has 0 bridgehead atoms. The third-order valence-electron chi connectivity index (χ3n) is 4.37. The van der Waals surface area contributed by atoms with Crippen molar-refractivity contribution in [2.24, 2.45) is 0 Å². The van der Waals surface area contributed by atoms with Gasteiger partial charge in [-0.25, -0.2) is 0 Å².